The Morgan fingerprint density at radius 2 is 1.91 bits per heavy atom. The first-order chi connectivity index (χ1) is 16.1. The molecule has 4 rings (SSSR count). The summed E-state index contributed by atoms with van der Waals surface area (Å²) in [4.78, 5) is 30.4. The fraction of sp³-hybridized carbons (Fsp3) is 0.370. The van der Waals surface area contributed by atoms with Crippen LogP contribution in [-0.2, 0) is 15.0 Å². The summed E-state index contributed by atoms with van der Waals surface area (Å²) in [6.07, 6.45) is 14.7. The van der Waals surface area contributed by atoms with Crippen molar-refractivity contribution in [3.63, 3.8) is 0 Å². The van der Waals surface area contributed by atoms with Gasteiger partial charge in [0.15, 0.2) is 0 Å². The molecular formula is C27H32N4O2. The lowest BCUT2D eigenvalue weighted by atomic mass is 9.74. The highest BCUT2D eigenvalue weighted by molar-refractivity contribution is 5.91. The van der Waals surface area contributed by atoms with Crippen LogP contribution in [0.5, 0.6) is 0 Å². The van der Waals surface area contributed by atoms with E-state index in [4.69, 9.17) is 0 Å². The van der Waals surface area contributed by atoms with Gasteiger partial charge in [0.25, 0.3) is 0 Å². The average molecular weight is 445 g/mol. The van der Waals surface area contributed by atoms with Crippen LogP contribution in [0.1, 0.15) is 42.4 Å². The minimum absolute atomic E-state index is 0.0307. The number of hydrogen-bond donors (Lipinski definition) is 2. The van der Waals surface area contributed by atoms with Crippen molar-refractivity contribution in [2.45, 2.75) is 31.1 Å². The highest BCUT2D eigenvalue weighted by atomic mass is 16.2. The SMILES string of the molecule is O=C(C=Cc1cccnc1)NCCC(=O)NCCCN1CCC2(C=Cc3ccccc32)CC1. The van der Waals surface area contributed by atoms with E-state index in [1.54, 1.807) is 18.5 Å². The molecule has 1 spiro atoms. The molecule has 1 fully saturated rings. The fourth-order valence-electron chi connectivity index (χ4n) is 4.67. The van der Waals surface area contributed by atoms with Gasteiger partial charge in [-0.1, -0.05) is 42.5 Å². The summed E-state index contributed by atoms with van der Waals surface area (Å²) in [6.45, 7) is 4.16. The number of fused-ring (bicyclic) bond motifs is 2. The number of allylic oxidation sites excluding steroid dienone is 1. The second-order valence-corrected chi connectivity index (χ2v) is 8.78. The summed E-state index contributed by atoms with van der Waals surface area (Å²) >= 11 is 0. The highest BCUT2D eigenvalue weighted by Gasteiger charge is 2.37. The van der Waals surface area contributed by atoms with E-state index in [0.29, 0.717) is 13.1 Å². The smallest absolute Gasteiger partial charge is 0.244 e. The minimum atomic E-state index is -0.214. The Morgan fingerprint density at radius 1 is 1.06 bits per heavy atom. The van der Waals surface area contributed by atoms with Crippen molar-refractivity contribution in [1.82, 2.24) is 20.5 Å². The van der Waals surface area contributed by atoms with Crippen molar-refractivity contribution in [3.05, 3.63) is 77.6 Å². The van der Waals surface area contributed by atoms with Crippen molar-refractivity contribution in [1.29, 1.82) is 0 Å². The quantitative estimate of drug-likeness (QED) is 0.460. The topological polar surface area (TPSA) is 74.3 Å². The average Bonchev–Trinajstić information content (AvgIpc) is 3.20. The number of rotatable bonds is 9. The molecule has 0 radical (unpaired) electrons. The van der Waals surface area contributed by atoms with Crippen molar-refractivity contribution >= 4 is 24.0 Å². The Morgan fingerprint density at radius 3 is 2.73 bits per heavy atom. The lowest BCUT2D eigenvalue weighted by Crippen LogP contribution is -2.42. The third kappa shape index (κ3) is 6.17. The number of carbonyl (C=O) groups excluding carboxylic acids is 2. The van der Waals surface area contributed by atoms with E-state index in [0.717, 1.165) is 44.5 Å². The van der Waals surface area contributed by atoms with Gasteiger partial charge in [-0.3, -0.25) is 14.6 Å². The first-order valence-electron chi connectivity index (χ1n) is 11.8. The van der Waals surface area contributed by atoms with Crippen LogP contribution in [0, 0.1) is 0 Å². The summed E-state index contributed by atoms with van der Waals surface area (Å²) in [7, 11) is 0. The molecule has 0 atom stereocenters. The molecular weight excluding hydrogens is 412 g/mol. The zero-order valence-electron chi connectivity index (χ0n) is 19.0. The predicted octanol–water partition coefficient (Wildman–Crippen LogP) is 3.17. The molecule has 6 heteroatoms. The molecule has 2 heterocycles. The molecule has 0 bridgehead atoms. The normalized spacial score (nSPS) is 16.7. The molecule has 0 unspecified atom stereocenters. The van der Waals surface area contributed by atoms with E-state index in [1.165, 1.54) is 17.2 Å². The van der Waals surface area contributed by atoms with Crippen LogP contribution in [0.2, 0.25) is 0 Å². The van der Waals surface area contributed by atoms with Gasteiger partial charge in [0.2, 0.25) is 11.8 Å². The maximum absolute atomic E-state index is 12.0. The monoisotopic (exact) mass is 444 g/mol. The maximum atomic E-state index is 12.0. The Labute approximate surface area is 195 Å². The van der Waals surface area contributed by atoms with E-state index in [9.17, 15) is 9.59 Å². The Bertz CT molecular complexity index is 1010. The van der Waals surface area contributed by atoms with Crippen molar-refractivity contribution < 1.29 is 9.59 Å². The summed E-state index contributed by atoms with van der Waals surface area (Å²) in [5, 5.41) is 5.70. The van der Waals surface area contributed by atoms with Crippen LogP contribution < -0.4 is 10.6 Å². The van der Waals surface area contributed by atoms with Gasteiger partial charge in [-0.05, 0) is 67.7 Å². The molecule has 0 saturated carbocycles. The van der Waals surface area contributed by atoms with Crippen molar-refractivity contribution in [3.8, 4) is 0 Å². The Hall–Kier alpha value is -3.25. The predicted molar refractivity (Wildman–Crippen MR) is 131 cm³/mol. The fourth-order valence-corrected chi connectivity index (χ4v) is 4.67. The summed E-state index contributed by atoms with van der Waals surface area (Å²) in [6, 6.07) is 12.4. The number of nitrogens with one attached hydrogen (secondary N) is 2. The van der Waals surface area contributed by atoms with Gasteiger partial charge in [0.05, 0.1) is 0 Å². The van der Waals surface area contributed by atoms with Crippen LogP contribution >= 0.6 is 0 Å². The molecule has 1 saturated heterocycles. The lowest BCUT2D eigenvalue weighted by Gasteiger charge is -2.39. The van der Waals surface area contributed by atoms with E-state index < -0.39 is 0 Å². The molecule has 6 nitrogen and oxygen atoms in total. The summed E-state index contributed by atoms with van der Waals surface area (Å²) in [5.41, 5.74) is 3.93. The highest BCUT2D eigenvalue weighted by Crippen LogP contribution is 2.43. The second kappa shape index (κ2) is 11.1. The first-order valence-corrected chi connectivity index (χ1v) is 11.8. The van der Waals surface area contributed by atoms with Gasteiger partial charge in [-0.15, -0.1) is 0 Å². The Kier molecular flexibility index (Phi) is 7.68. The molecule has 172 valence electrons. The number of likely N-dealkylation sites (tertiary alicyclic amines) is 1. The van der Waals surface area contributed by atoms with Gasteiger partial charge < -0.3 is 15.5 Å². The summed E-state index contributed by atoms with van der Waals surface area (Å²) < 4.78 is 0. The van der Waals surface area contributed by atoms with E-state index in [-0.39, 0.29) is 23.7 Å². The molecule has 33 heavy (non-hydrogen) atoms. The molecule has 2 aliphatic rings. The molecule has 2 amide bonds. The van der Waals surface area contributed by atoms with Crippen LogP contribution in [0.3, 0.4) is 0 Å². The third-order valence-corrected chi connectivity index (χ3v) is 6.56. The first kappa shape index (κ1) is 22.9. The number of nitrogens with zero attached hydrogens (tertiary/aromatic N) is 2. The van der Waals surface area contributed by atoms with Gasteiger partial charge in [-0.25, -0.2) is 0 Å². The molecule has 1 aromatic carbocycles. The molecule has 1 aromatic heterocycles. The third-order valence-electron chi connectivity index (χ3n) is 6.56. The number of benzene rings is 1. The molecule has 1 aliphatic carbocycles. The maximum Gasteiger partial charge on any atom is 0.244 e. The Balaban J connectivity index is 1.07. The summed E-state index contributed by atoms with van der Waals surface area (Å²) in [5.74, 6) is -0.244. The standard InChI is InChI=1S/C27H32N4O2/c32-25(9-8-22-5-3-15-28-21-22)30-17-11-26(33)29-16-4-18-31-19-13-27(14-20-31)12-10-23-6-1-2-7-24(23)27/h1-3,5-10,12,15,21H,4,11,13-14,16-20H2,(H,29,33)(H,30,32). The number of amides is 2. The molecule has 2 N–H and O–H groups in total. The number of aromatic nitrogens is 1. The number of carbonyl (C=O) groups is 2. The van der Waals surface area contributed by atoms with Crippen molar-refractivity contribution in [2.75, 3.05) is 32.7 Å². The van der Waals surface area contributed by atoms with Gasteiger partial charge in [0.1, 0.15) is 0 Å². The van der Waals surface area contributed by atoms with Crippen LogP contribution in [0.25, 0.3) is 12.2 Å². The molecule has 2 aromatic rings. The number of piperidine rings is 1. The van der Waals surface area contributed by atoms with Gasteiger partial charge in [0, 0.05) is 43.4 Å². The van der Waals surface area contributed by atoms with E-state index in [1.807, 2.05) is 12.1 Å². The van der Waals surface area contributed by atoms with Crippen LogP contribution in [0.4, 0.5) is 0 Å². The largest absolute Gasteiger partial charge is 0.356 e. The lowest BCUT2D eigenvalue weighted by molar-refractivity contribution is -0.121. The van der Waals surface area contributed by atoms with Gasteiger partial charge >= 0.3 is 0 Å². The zero-order valence-corrected chi connectivity index (χ0v) is 19.0. The van der Waals surface area contributed by atoms with E-state index in [2.05, 4.69) is 56.9 Å². The second-order valence-electron chi connectivity index (χ2n) is 8.78. The number of hydrogen-bond acceptors (Lipinski definition) is 4. The minimum Gasteiger partial charge on any atom is -0.356 e. The van der Waals surface area contributed by atoms with Crippen LogP contribution in [-0.4, -0.2) is 54.4 Å². The molecule has 1 aliphatic heterocycles. The van der Waals surface area contributed by atoms with Gasteiger partial charge in [-0.2, -0.15) is 0 Å². The van der Waals surface area contributed by atoms with E-state index >= 15 is 0 Å². The number of pyridine rings is 1. The zero-order chi connectivity index (χ0) is 22.9. The van der Waals surface area contributed by atoms with Crippen LogP contribution in [0.15, 0.2) is 60.9 Å². The van der Waals surface area contributed by atoms with Crippen molar-refractivity contribution in [2.24, 2.45) is 0 Å².